The minimum atomic E-state index is 0.726. The molecule has 96 valence electrons. The molecule has 1 fully saturated rings. The van der Waals surface area contributed by atoms with Crippen molar-refractivity contribution in [2.75, 3.05) is 31.3 Å². The molecule has 0 bridgehead atoms. The van der Waals surface area contributed by atoms with E-state index in [1.807, 2.05) is 0 Å². The third kappa shape index (κ3) is 5.55. The minimum Gasteiger partial charge on any atom is -0.381 e. The van der Waals surface area contributed by atoms with Crippen molar-refractivity contribution in [3.63, 3.8) is 0 Å². The van der Waals surface area contributed by atoms with Gasteiger partial charge in [0.1, 0.15) is 0 Å². The fourth-order valence-electron chi connectivity index (χ4n) is 2.03. The zero-order valence-electron chi connectivity index (χ0n) is 11.0. The van der Waals surface area contributed by atoms with Crippen molar-refractivity contribution in [2.45, 2.75) is 39.7 Å². The van der Waals surface area contributed by atoms with E-state index in [2.05, 4.69) is 37.8 Å². The van der Waals surface area contributed by atoms with Crippen molar-refractivity contribution in [3.05, 3.63) is 0 Å². The van der Waals surface area contributed by atoms with E-state index in [0.717, 1.165) is 37.6 Å². The topological polar surface area (TPSA) is 21.3 Å². The molecule has 0 spiro atoms. The molecule has 3 heteroatoms. The van der Waals surface area contributed by atoms with Gasteiger partial charge >= 0.3 is 0 Å². The van der Waals surface area contributed by atoms with Crippen LogP contribution < -0.4 is 5.32 Å². The maximum absolute atomic E-state index is 5.70. The molecule has 2 unspecified atom stereocenters. The summed E-state index contributed by atoms with van der Waals surface area (Å²) in [7, 11) is 0. The molecule has 2 nitrogen and oxygen atoms in total. The van der Waals surface area contributed by atoms with Crippen molar-refractivity contribution in [1.82, 2.24) is 5.32 Å². The van der Waals surface area contributed by atoms with Gasteiger partial charge in [0, 0.05) is 25.0 Å². The normalized spacial score (nSPS) is 25.5. The number of rotatable bonds is 8. The molecule has 1 aliphatic rings. The number of hydrogen-bond donors (Lipinski definition) is 1. The van der Waals surface area contributed by atoms with E-state index in [-0.39, 0.29) is 0 Å². The summed E-state index contributed by atoms with van der Waals surface area (Å²) >= 11 is 2.08. The highest BCUT2D eigenvalue weighted by Crippen LogP contribution is 2.26. The zero-order chi connectivity index (χ0) is 11.8. The van der Waals surface area contributed by atoms with Crippen LogP contribution in [-0.2, 0) is 4.74 Å². The first kappa shape index (κ1) is 14.3. The highest BCUT2D eigenvalue weighted by Gasteiger charge is 2.26. The molecule has 0 aliphatic carbocycles. The maximum atomic E-state index is 5.70. The van der Waals surface area contributed by atoms with Crippen LogP contribution in [0.3, 0.4) is 0 Å². The standard InChI is InChI=1S/C13H27NOS/c1-4-14-13-10-16-9-12(13)6-8-15-7-5-11(2)3/h11-14H,4-10H2,1-3H3. The van der Waals surface area contributed by atoms with Gasteiger partial charge in [0.15, 0.2) is 0 Å². The summed E-state index contributed by atoms with van der Waals surface area (Å²) in [4.78, 5) is 0. The molecule has 1 aliphatic heterocycles. The molecule has 2 atom stereocenters. The molecule has 1 N–H and O–H groups in total. The van der Waals surface area contributed by atoms with Gasteiger partial charge in [-0.1, -0.05) is 20.8 Å². The summed E-state index contributed by atoms with van der Waals surface area (Å²) in [5.41, 5.74) is 0. The highest BCUT2D eigenvalue weighted by atomic mass is 32.2. The largest absolute Gasteiger partial charge is 0.381 e. The second-order valence-corrected chi connectivity index (χ2v) is 6.12. The highest BCUT2D eigenvalue weighted by molar-refractivity contribution is 7.99. The third-order valence-corrected chi connectivity index (χ3v) is 4.40. The Morgan fingerprint density at radius 3 is 2.81 bits per heavy atom. The van der Waals surface area contributed by atoms with Crippen LogP contribution >= 0.6 is 11.8 Å². The first-order valence-corrected chi connectivity index (χ1v) is 7.78. The quantitative estimate of drug-likeness (QED) is 0.664. The fourth-order valence-corrected chi connectivity index (χ4v) is 3.51. The van der Waals surface area contributed by atoms with Gasteiger partial charge in [0.2, 0.25) is 0 Å². The van der Waals surface area contributed by atoms with Gasteiger partial charge in [0.25, 0.3) is 0 Å². The van der Waals surface area contributed by atoms with Crippen LogP contribution in [0.4, 0.5) is 0 Å². The molecule has 0 aromatic heterocycles. The Morgan fingerprint density at radius 1 is 1.31 bits per heavy atom. The smallest absolute Gasteiger partial charge is 0.0469 e. The summed E-state index contributed by atoms with van der Waals surface area (Å²) in [6.07, 6.45) is 2.42. The Labute approximate surface area is 105 Å². The molecule has 0 aromatic carbocycles. The van der Waals surface area contributed by atoms with Crippen LogP contribution in [-0.4, -0.2) is 37.3 Å². The molecule has 0 saturated carbocycles. The van der Waals surface area contributed by atoms with Crippen molar-refractivity contribution in [3.8, 4) is 0 Å². The van der Waals surface area contributed by atoms with Crippen molar-refractivity contribution >= 4 is 11.8 Å². The summed E-state index contributed by atoms with van der Waals surface area (Å²) in [6, 6.07) is 0.726. The van der Waals surface area contributed by atoms with Crippen LogP contribution in [0.15, 0.2) is 0 Å². The van der Waals surface area contributed by atoms with E-state index in [0.29, 0.717) is 0 Å². The Bertz CT molecular complexity index is 175. The molecular formula is C13H27NOS. The van der Waals surface area contributed by atoms with E-state index in [4.69, 9.17) is 4.74 Å². The SMILES string of the molecule is CCNC1CSCC1CCOCCC(C)C. The van der Waals surface area contributed by atoms with E-state index < -0.39 is 0 Å². The van der Waals surface area contributed by atoms with Gasteiger partial charge in [-0.2, -0.15) is 11.8 Å². The van der Waals surface area contributed by atoms with Gasteiger partial charge in [-0.15, -0.1) is 0 Å². The van der Waals surface area contributed by atoms with Crippen LogP contribution in [0.25, 0.3) is 0 Å². The van der Waals surface area contributed by atoms with Gasteiger partial charge in [0.05, 0.1) is 0 Å². The fraction of sp³-hybridized carbons (Fsp3) is 1.00. The lowest BCUT2D eigenvalue weighted by Crippen LogP contribution is -2.35. The van der Waals surface area contributed by atoms with Gasteiger partial charge in [-0.25, -0.2) is 0 Å². The Kier molecular flexibility index (Phi) is 7.50. The van der Waals surface area contributed by atoms with Crippen LogP contribution in [0.2, 0.25) is 0 Å². The van der Waals surface area contributed by atoms with E-state index in [1.165, 1.54) is 24.3 Å². The first-order chi connectivity index (χ1) is 7.74. The third-order valence-electron chi connectivity index (χ3n) is 3.14. The monoisotopic (exact) mass is 245 g/mol. The summed E-state index contributed by atoms with van der Waals surface area (Å²) in [6.45, 7) is 9.66. The average molecular weight is 245 g/mol. The molecule has 1 rings (SSSR count). The zero-order valence-corrected chi connectivity index (χ0v) is 11.8. The maximum Gasteiger partial charge on any atom is 0.0469 e. The van der Waals surface area contributed by atoms with Crippen molar-refractivity contribution < 1.29 is 4.74 Å². The lowest BCUT2D eigenvalue weighted by atomic mass is 10.0. The molecule has 1 saturated heterocycles. The van der Waals surface area contributed by atoms with Crippen LogP contribution in [0, 0.1) is 11.8 Å². The van der Waals surface area contributed by atoms with E-state index in [9.17, 15) is 0 Å². The second-order valence-electron chi connectivity index (χ2n) is 5.05. The van der Waals surface area contributed by atoms with Gasteiger partial charge < -0.3 is 10.1 Å². The number of hydrogen-bond acceptors (Lipinski definition) is 3. The predicted molar refractivity (Wildman–Crippen MR) is 73.2 cm³/mol. The molecular weight excluding hydrogens is 218 g/mol. The van der Waals surface area contributed by atoms with Crippen molar-refractivity contribution in [2.24, 2.45) is 11.8 Å². The average Bonchev–Trinajstić information content (AvgIpc) is 2.65. The minimum absolute atomic E-state index is 0.726. The molecule has 0 aromatic rings. The van der Waals surface area contributed by atoms with E-state index in [1.54, 1.807) is 0 Å². The second kappa shape index (κ2) is 8.37. The van der Waals surface area contributed by atoms with Crippen molar-refractivity contribution in [1.29, 1.82) is 0 Å². The van der Waals surface area contributed by atoms with Crippen LogP contribution in [0.5, 0.6) is 0 Å². The summed E-state index contributed by atoms with van der Waals surface area (Å²) in [5.74, 6) is 4.18. The number of thioether (sulfide) groups is 1. The molecule has 16 heavy (non-hydrogen) atoms. The predicted octanol–water partition coefficient (Wildman–Crippen LogP) is 2.78. The number of ether oxygens (including phenoxy) is 1. The summed E-state index contributed by atoms with van der Waals surface area (Å²) in [5, 5.41) is 3.58. The lowest BCUT2D eigenvalue weighted by molar-refractivity contribution is 0.110. The molecule has 0 amide bonds. The lowest BCUT2D eigenvalue weighted by Gasteiger charge is -2.19. The molecule has 1 heterocycles. The summed E-state index contributed by atoms with van der Waals surface area (Å²) < 4.78 is 5.70. The Balaban J connectivity index is 2.03. The Morgan fingerprint density at radius 2 is 2.12 bits per heavy atom. The first-order valence-electron chi connectivity index (χ1n) is 6.63. The van der Waals surface area contributed by atoms with Gasteiger partial charge in [-0.3, -0.25) is 0 Å². The molecule has 0 radical (unpaired) electrons. The van der Waals surface area contributed by atoms with E-state index >= 15 is 0 Å². The Hall–Kier alpha value is 0.270. The number of nitrogens with one attached hydrogen (secondary N) is 1. The van der Waals surface area contributed by atoms with Crippen LogP contribution in [0.1, 0.15) is 33.6 Å². The van der Waals surface area contributed by atoms with Gasteiger partial charge in [-0.05, 0) is 37.0 Å².